The van der Waals surface area contributed by atoms with Crippen molar-refractivity contribution in [2.75, 3.05) is 24.7 Å². The number of fused-ring (bicyclic) bond motifs is 1. The molecule has 4 rings (SSSR count). The highest BCUT2D eigenvalue weighted by atomic mass is 32.2. The molecule has 1 heterocycles. The third-order valence-electron chi connectivity index (χ3n) is 5.34. The summed E-state index contributed by atoms with van der Waals surface area (Å²) in [6, 6.07) is 26.7. The number of anilines is 1. The van der Waals surface area contributed by atoms with E-state index in [0.717, 1.165) is 23.4 Å². The molecule has 0 amide bonds. The first-order valence-electron chi connectivity index (χ1n) is 10.7. The zero-order chi connectivity index (χ0) is 22.3. The van der Waals surface area contributed by atoms with Crippen LogP contribution in [0.25, 0.3) is 22.9 Å². The summed E-state index contributed by atoms with van der Waals surface area (Å²) in [5.74, 6) is 0.750. The van der Waals surface area contributed by atoms with Crippen molar-refractivity contribution in [1.82, 2.24) is 0 Å². The van der Waals surface area contributed by atoms with Gasteiger partial charge in [0.05, 0.1) is 5.75 Å². The van der Waals surface area contributed by atoms with Crippen LogP contribution >= 0.6 is 11.8 Å². The molecular formula is C28H27N2OS+. The third-order valence-corrected chi connectivity index (χ3v) is 6.23. The highest BCUT2D eigenvalue weighted by molar-refractivity contribution is 8.14. The molecule has 4 aromatic rings. The van der Waals surface area contributed by atoms with E-state index in [4.69, 9.17) is 0 Å². The Hall–Kier alpha value is -3.37. The molecule has 3 nitrogen and oxygen atoms in total. The Bertz CT molecular complexity index is 1230. The second-order valence-corrected chi connectivity index (χ2v) is 8.96. The molecule has 0 N–H and O–H groups in total. The largest absolute Gasteiger partial charge is 0.378 e. The van der Waals surface area contributed by atoms with Gasteiger partial charge in [0.2, 0.25) is 5.12 Å². The van der Waals surface area contributed by atoms with Crippen LogP contribution in [0.3, 0.4) is 0 Å². The minimum absolute atomic E-state index is 0.124. The van der Waals surface area contributed by atoms with Crippen molar-refractivity contribution >= 4 is 45.5 Å². The van der Waals surface area contributed by atoms with Crippen LogP contribution in [0, 0.1) is 0 Å². The first-order valence-corrected chi connectivity index (χ1v) is 11.7. The van der Waals surface area contributed by atoms with Gasteiger partial charge in [0.15, 0.2) is 18.9 Å². The number of nitrogens with zero attached hydrogens (tertiary/aromatic N) is 2. The third kappa shape index (κ3) is 5.65. The summed E-state index contributed by atoms with van der Waals surface area (Å²) in [6.07, 6.45) is 8.41. The van der Waals surface area contributed by atoms with Gasteiger partial charge in [-0.1, -0.05) is 72.4 Å². The first-order chi connectivity index (χ1) is 15.6. The van der Waals surface area contributed by atoms with Crippen LogP contribution in [0.15, 0.2) is 91.3 Å². The number of carbonyl (C=O) groups excluding carboxylic acids is 1. The normalized spacial score (nSPS) is 11.2. The van der Waals surface area contributed by atoms with Gasteiger partial charge in [0.1, 0.15) is 0 Å². The van der Waals surface area contributed by atoms with Gasteiger partial charge < -0.3 is 4.90 Å². The molecular weight excluding hydrogens is 412 g/mol. The van der Waals surface area contributed by atoms with Gasteiger partial charge in [0, 0.05) is 37.5 Å². The van der Waals surface area contributed by atoms with E-state index in [1.54, 1.807) is 0 Å². The Balaban J connectivity index is 1.34. The van der Waals surface area contributed by atoms with Crippen molar-refractivity contribution in [3.63, 3.8) is 0 Å². The zero-order valence-corrected chi connectivity index (χ0v) is 19.3. The van der Waals surface area contributed by atoms with Gasteiger partial charge >= 0.3 is 0 Å². The molecule has 160 valence electrons. The van der Waals surface area contributed by atoms with Crippen molar-refractivity contribution in [3.8, 4) is 0 Å². The predicted molar refractivity (Wildman–Crippen MR) is 137 cm³/mol. The summed E-state index contributed by atoms with van der Waals surface area (Å²) in [6.45, 7) is 0.798. The number of rotatable bonds is 7. The van der Waals surface area contributed by atoms with Crippen LogP contribution in [-0.4, -0.2) is 25.0 Å². The second-order valence-electron chi connectivity index (χ2n) is 7.89. The van der Waals surface area contributed by atoms with Crippen LogP contribution in [0.4, 0.5) is 5.69 Å². The monoisotopic (exact) mass is 439 g/mol. The Kier molecular flexibility index (Phi) is 7.03. The van der Waals surface area contributed by atoms with Gasteiger partial charge in [-0.2, -0.15) is 0 Å². The van der Waals surface area contributed by atoms with Crippen LogP contribution < -0.4 is 9.47 Å². The molecule has 0 aliphatic rings. The van der Waals surface area contributed by atoms with E-state index < -0.39 is 0 Å². The molecule has 0 aliphatic heterocycles. The van der Waals surface area contributed by atoms with E-state index in [9.17, 15) is 4.79 Å². The molecule has 0 saturated heterocycles. The summed E-state index contributed by atoms with van der Waals surface area (Å²) >= 11 is 1.36. The van der Waals surface area contributed by atoms with E-state index in [1.165, 1.54) is 33.8 Å². The number of pyridine rings is 1. The van der Waals surface area contributed by atoms with Crippen LogP contribution in [0.1, 0.15) is 21.5 Å². The lowest BCUT2D eigenvalue weighted by Crippen LogP contribution is -2.34. The SMILES string of the molecule is CN(C)c1ccc2cc(/C=C/c3cc[n+](CCSC(=O)c4ccccc4)cc3)ccc2c1. The lowest BCUT2D eigenvalue weighted by atomic mass is 10.1. The molecule has 0 atom stereocenters. The number of hydrogen-bond donors (Lipinski definition) is 0. The number of thioether (sulfide) groups is 1. The maximum Gasteiger partial charge on any atom is 0.219 e. The smallest absolute Gasteiger partial charge is 0.219 e. The van der Waals surface area contributed by atoms with Gasteiger partial charge in [-0.3, -0.25) is 4.79 Å². The molecule has 1 aromatic heterocycles. The Morgan fingerprint density at radius 3 is 2.28 bits per heavy atom. The minimum atomic E-state index is 0.124. The molecule has 0 aliphatic carbocycles. The fraction of sp³-hybridized carbons (Fsp3) is 0.143. The maximum atomic E-state index is 12.2. The average molecular weight is 440 g/mol. The van der Waals surface area contributed by atoms with Crippen LogP contribution in [0.2, 0.25) is 0 Å². The predicted octanol–water partition coefficient (Wildman–Crippen LogP) is 5.94. The standard InChI is InChI=1S/C28H27N2OS/c1-29(2)27-13-12-25-20-23(10-11-26(25)21-27)9-8-22-14-16-30(17-15-22)18-19-32-28(31)24-6-4-3-5-7-24/h3-17,20-21H,18-19H2,1-2H3/q+1. The van der Waals surface area contributed by atoms with Crippen molar-refractivity contribution < 1.29 is 9.36 Å². The molecule has 0 fully saturated rings. The Morgan fingerprint density at radius 2 is 1.53 bits per heavy atom. The number of aryl methyl sites for hydroxylation is 1. The molecule has 0 radical (unpaired) electrons. The quantitative estimate of drug-likeness (QED) is 0.333. The van der Waals surface area contributed by atoms with E-state index in [-0.39, 0.29) is 5.12 Å². The lowest BCUT2D eigenvalue weighted by Gasteiger charge is -2.13. The molecule has 4 heteroatoms. The van der Waals surface area contributed by atoms with E-state index >= 15 is 0 Å². The summed E-state index contributed by atoms with van der Waals surface area (Å²) in [5.41, 5.74) is 4.30. The van der Waals surface area contributed by atoms with Gasteiger partial charge in [-0.15, -0.1) is 0 Å². The average Bonchev–Trinajstić information content (AvgIpc) is 2.83. The molecule has 0 bridgehead atoms. The Labute approximate surface area is 194 Å². The molecule has 0 saturated carbocycles. The van der Waals surface area contributed by atoms with Crippen molar-refractivity contribution in [2.24, 2.45) is 0 Å². The van der Waals surface area contributed by atoms with E-state index in [2.05, 4.69) is 96.6 Å². The molecule has 3 aromatic carbocycles. The lowest BCUT2D eigenvalue weighted by molar-refractivity contribution is -0.692. The van der Waals surface area contributed by atoms with Crippen molar-refractivity contribution in [3.05, 3.63) is 108 Å². The zero-order valence-electron chi connectivity index (χ0n) is 18.4. The minimum Gasteiger partial charge on any atom is -0.378 e. The molecule has 0 unspecified atom stereocenters. The first kappa shape index (κ1) is 21.8. The number of carbonyl (C=O) groups is 1. The maximum absolute atomic E-state index is 12.2. The van der Waals surface area contributed by atoms with Crippen LogP contribution in [0.5, 0.6) is 0 Å². The van der Waals surface area contributed by atoms with Gasteiger partial charge in [0.25, 0.3) is 0 Å². The Morgan fingerprint density at radius 1 is 0.844 bits per heavy atom. The van der Waals surface area contributed by atoms with E-state index in [1.807, 2.05) is 30.3 Å². The number of aromatic nitrogens is 1. The number of hydrogen-bond acceptors (Lipinski definition) is 3. The highest BCUT2D eigenvalue weighted by Gasteiger charge is 2.08. The van der Waals surface area contributed by atoms with Crippen molar-refractivity contribution in [2.45, 2.75) is 6.54 Å². The van der Waals surface area contributed by atoms with Gasteiger partial charge in [-0.25, -0.2) is 4.57 Å². The summed E-state index contributed by atoms with van der Waals surface area (Å²) < 4.78 is 2.11. The fourth-order valence-electron chi connectivity index (χ4n) is 3.46. The summed E-state index contributed by atoms with van der Waals surface area (Å²) in [4.78, 5) is 14.3. The van der Waals surface area contributed by atoms with Crippen molar-refractivity contribution in [1.29, 1.82) is 0 Å². The van der Waals surface area contributed by atoms with Crippen LogP contribution in [-0.2, 0) is 6.54 Å². The second kappa shape index (κ2) is 10.3. The summed E-state index contributed by atoms with van der Waals surface area (Å²) in [7, 11) is 4.12. The van der Waals surface area contributed by atoms with Gasteiger partial charge in [-0.05, 0) is 40.1 Å². The topological polar surface area (TPSA) is 24.2 Å². The highest BCUT2D eigenvalue weighted by Crippen LogP contribution is 2.23. The summed E-state index contributed by atoms with van der Waals surface area (Å²) in [5, 5.41) is 2.61. The molecule has 32 heavy (non-hydrogen) atoms. The fourth-order valence-corrected chi connectivity index (χ4v) is 4.25. The number of benzene rings is 3. The van der Waals surface area contributed by atoms with E-state index in [0.29, 0.717) is 0 Å². The molecule has 0 spiro atoms.